The van der Waals surface area contributed by atoms with E-state index in [-0.39, 0.29) is 0 Å². The molecule has 0 rings (SSSR count). The van der Waals surface area contributed by atoms with Gasteiger partial charge >= 0.3 is 73.5 Å². The second-order valence-electron chi connectivity index (χ2n) is 1.02. The van der Waals surface area contributed by atoms with E-state index in [4.69, 9.17) is 0 Å². The van der Waals surface area contributed by atoms with Gasteiger partial charge in [-0.3, -0.25) is 0 Å². The minimum atomic E-state index is 0.504. The van der Waals surface area contributed by atoms with Gasteiger partial charge in [0, 0.05) is 0 Å². The predicted molar refractivity (Wildman–Crippen MR) is 38.6 cm³/mol. The molecule has 0 aromatic carbocycles. The van der Waals surface area contributed by atoms with E-state index in [1.165, 1.54) is 0 Å². The van der Waals surface area contributed by atoms with E-state index < -0.39 is 0 Å². The van der Waals surface area contributed by atoms with E-state index in [1.54, 1.807) is 6.73 Å². The van der Waals surface area contributed by atoms with Gasteiger partial charge in [-0.05, 0) is 0 Å². The molecule has 0 amide bonds. The van der Waals surface area contributed by atoms with Crippen molar-refractivity contribution < 1.29 is 0 Å². The molecule has 0 spiro atoms. The van der Waals surface area contributed by atoms with E-state index in [9.17, 15) is 0 Å². The van der Waals surface area contributed by atoms with Gasteiger partial charge in [0.2, 0.25) is 0 Å². The van der Waals surface area contributed by atoms with Crippen LogP contribution in [0.5, 0.6) is 0 Å². The van der Waals surface area contributed by atoms with E-state index in [1.807, 2.05) is 0 Å². The summed E-state index contributed by atoms with van der Waals surface area (Å²) in [5.41, 5.74) is 0. The molecule has 0 saturated carbocycles. The first-order valence-corrected chi connectivity index (χ1v) is 12.4. The molecule has 44 valence electrons. The molecule has 0 unspecified atom stereocenters. The second-order valence-corrected chi connectivity index (χ2v) is 13.1. The Kier molecular flexibility index (Phi) is 10.5. The van der Waals surface area contributed by atoms with E-state index in [2.05, 4.69) is 9.94 Å². The Labute approximate surface area is 72.5 Å². The van der Waals surface area contributed by atoms with Gasteiger partial charge in [-0.2, -0.15) is 0 Å². The van der Waals surface area contributed by atoms with Crippen LogP contribution in [0.15, 0.2) is 0 Å². The molecule has 0 bridgehead atoms. The molecule has 0 aromatic heterocycles. The van der Waals surface area contributed by atoms with Crippen molar-refractivity contribution >= 4 is 56.8 Å². The van der Waals surface area contributed by atoms with Crippen LogP contribution in [-0.4, -0.2) is 56.8 Å². The first-order valence-electron chi connectivity index (χ1n) is 1.97. The molecule has 0 N–H and O–H groups in total. The van der Waals surface area contributed by atoms with Gasteiger partial charge in [-0.15, -0.1) is 0 Å². The Morgan fingerprint density at radius 3 is 1.86 bits per heavy atom. The minimum absolute atomic E-state index is 0.504. The Bertz CT molecular complexity index is 28.9. The zero-order valence-electron chi connectivity index (χ0n) is 4.64. The van der Waals surface area contributed by atoms with Gasteiger partial charge in [0.25, 0.3) is 0 Å². The molecule has 0 atom stereocenters. The van der Waals surface area contributed by atoms with Crippen molar-refractivity contribution in [2.45, 2.75) is 16.7 Å². The maximum atomic E-state index is 2.41. The van der Waals surface area contributed by atoms with Gasteiger partial charge in [0.15, 0.2) is 0 Å². The number of rotatable bonds is 4. The number of hydrogen-bond donors (Lipinski definition) is 0. The first-order chi connectivity index (χ1) is 3.41. The van der Waals surface area contributed by atoms with Crippen molar-refractivity contribution in [1.82, 2.24) is 0 Å². The Balaban J connectivity index is 2.45. The van der Waals surface area contributed by atoms with Crippen LogP contribution in [-0.2, 0) is 0 Å². The average molecular weight is 392 g/mol. The number of hydrogen-bond acceptors (Lipinski definition) is 0. The second kappa shape index (κ2) is 8.10. The zero-order valence-corrected chi connectivity index (χ0v) is 11.0. The SMILES string of the molecule is C[Te]C[Se]C[Te]C. The van der Waals surface area contributed by atoms with Gasteiger partial charge in [-0.1, -0.05) is 0 Å². The van der Waals surface area contributed by atoms with Crippen molar-refractivity contribution in [1.29, 1.82) is 0 Å². The molecule has 3 heteroatoms. The van der Waals surface area contributed by atoms with Crippen LogP contribution in [0.1, 0.15) is 0 Å². The van der Waals surface area contributed by atoms with Gasteiger partial charge < -0.3 is 0 Å². The third-order valence-corrected chi connectivity index (χ3v) is 14.0. The van der Waals surface area contributed by atoms with Crippen LogP contribution in [0.25, 0.3) is 0 Å². The summed E-state index contributed by atoms with van der Waals surface area (Å²) in [6, 6.07) is 0. The Hall–Kier alpha value is 2.10. The molecule has 0 aliphatic heterocycles. The van der Waals surface area contributed by atoms with Gasteiger partial charge in [-0.25, -0.2) is 0 Å². The Morgan fingerprint density at radius 1 is 1.14 bits per heavy atom. The van der Waals surface area contributed by atoms with Gasteiger partial charge in [0.1, 0.15) is 0 Å². The molecule has 0 aliphatic carbocycles. The van der Waals surface area contributed by atoms with Crippen molar-refractivity contribution in [3.05, 3.63) is 0 Å². The Morgan fingerprint density at radius 2 is 1.57 bits per heavy atom. The normalized spacial score (nSPS) is 9.43. The molecule has 0 radical (unpaired) electrons. The first kappa shape index (κ1) is 9.10. The predicted octanol–water partition coefficient (Wildman–Crippen LogP) is 0.947. The molecule has 0 nitrogen and oxygen atoms in total. The van der Waals surface area contributed by atoms with Gasteiger partial charge in [0.05, 0.1) is 0 Å². The standard InChI is InChI=1S/C4H10SeTe2/c1-6-3-5-4-7-2/h3-4H2,1-2H3. The molecule has 7 heavy (non-hydrogen) atoms. The van der Waals surface area contributed by atoms with Crippen LogP contribution in [0.2, 0.25) is 16.7 Å². The maximum absolute atomic E-state index is 2.41. The third-order valence-electron chi connectivity index (χ3n) is 0.402. The summed E-state index contributed by atoms with van der Waals surface area (Å²) in [4.78, 5) is 4.81. The van der Waals surface area contributed by atoms with Crippen LogP contribution in [0, 0.1) is 0 Å². The molecular formula is C4H10SeTe2. The molecule has 0 saturated heterocycles. The van der Waals surface area contributed by atoms with E-state index >= 15 is 0 Å². The summed E-state index contributed by atoms with van der Waals surface area (Å²) in [6.07, 6.45) is 0. The van der Waals surface area contributed by atoms with E-state index in [0.29, 0.717) is 41.8 Å². The van der Waals surface area contributed by atoms with Crippen LogP contribution < -0.4 is 0 Å². The summed E-state index contributed by atoms with van der Waals surface area (Å²) in [5.74, 6) is 0. The summed E-state index contributed by atoms with van der Waals surface area (Å²) in [6.45, 7) is 0. The fraction of sp³-hybridized carbons (Fsp3) is 1.00. The molecule has 0 fully saturated rings. The molecule has 0 aromatic rings. The van der Waals surface area contributed by atoms with Crippen LogP contribution in [0.3, 0.4) is 0 Å². The van der Waals surface area contributed by atoms with Crippen LogP contribution in [0.4, 0.5) is 0 Å². The fourth-order valence-electron chi connectivity index (χ4n) is 0.201. The van der Waals surface area contributed by atoms with Crippen molar-refractivity contribution in [3.8, 4) is 0 Å². The van der Waals surface area contributed by atoms with Crippen molar-refractivity contribution in [2.75, 3.05) is 0 Å². The fourth-order valence-corrected chi connectivity index (χ4v) is 13.8. The van der Waals surface area contributed by atoms with Crippen LogP contribution >= 0.6 is 0 Å². The molecular weight excluding hydrogens is 382 g/mol. The summed E-state index contributed by atoms with van der Waals surface area (Å²) < 4.78 is 3.30. The third kappa shape index (κ3) is 8.10. The van der Waals surface area contributed by atoms with E-state index in [0.717, 1.165) is 15.0 Å². The molecule has 0 heterocycles. The summed E-state index contributed by atoms with van der Waals surface area (Å²) in [7, 11) is 0. The summed E-state index contributed by atoms with van der Waals surface area (Å²) in [5, 5.41) is 0. The quantitative estimate of drug-likeness (QED) is 0.494. The van der Waals surface area contributed by atoms with Crippen molar-refractivity contribution in [3.63, 3.8) is 0 Å². The molecule has 0 aliphatic rings. The average Bonchev–Trinajstić information content (AvgIpc) is 1.69. The summed E-state index contributed by atoms with van der Waals surface area (Å²) >= 11 is 2.10. The van der Waals surface area contributed by atoms with Crippen molar-refractivity contribution in [2.24, 2.45) is 0 Å². The zero-order chi connectivity index (χ0) is 5.54. The monoisotopic (exact) mass is 398 g/mol. The topological polar surface area (TPSA) is 0 Å².